The van der Waals surface area contributed by atoms with Crippen LogP contribution < -0.4 is 5.73 Å². The third-order valence-corrected chi connectivity index (χ3v) is 2.65. The summed E-state index contributed by atoms with van der Waals surface area (Å²) < 4.78 is 0. The maximum absolute atomic E-state index is 9.66. The highest BCUT2D eigenvalue weighted by Gasteiger charge is 2.15. The lowest BCUT2D eigenvalue weighted by molar-refractivity contribution is 0.182. The fourth-order valence-corrected chi connectivity index (χ4v) is 1.59. The molecule has 84 valence electrons. The normalized spacial score (nSPS) is 13.2. The van der Waals surface area contributed by atoms with Gasteiger partial charge in [0.15, 0.2) is 0 Å². The molecule has 1 unspecified atom stereocenters. The number of benzene rings is 1. The minimum atomic E-state index is -0.874. The van der Waals surface area contributed by atoms with E-state index in [0.29, 0.717) is 5.56 Å². The number of phenols is 1. The Balaban J connectivity index is 3.25. The van der Waals surface area contributed by atoms with E-state index >= 15 is 0 Å². The van der Waals surface area contributed by atoms with Gasteiger partial charge in [-0.25, -0.2) is 0 Å². The molecule has 3 nitrogen and oxygen atoms in total. The third kappa shape index (κ3) is 2.62. The molecule has 1 rings (SSSR count). The van der Waals surface area contributed by atoms with E-state index in [9.17, 15) is 10.2 Å². The number of rotatable bonds is 3. The first-order chi connectivity index (χ1) is 6.97. The molecule has 0 bridgehead atoms. The number of halogens is 1. The Hall–Kier alpha value is -0.770. The first kappa shape index (κ1) is 12.3. The largest absolute Gasteiger partial charge is 0.506 e. The Morgan fingerprint density at radius 1 is 1.40 bits per heavy atom. The Kier molecular flexibility index (Phi) is 3.97. The molecular weight excluding hydrogens is 214 g/mol. The first-order valence-electron chi connectivity index (χ1n) is 4.87. The summed E-state index contributed by atoms with van der Waals surface area (Å²) in [6, 6.07) is 3.44. The van der Waals surface area contributed by atoms with E-state index in [1.54, 1.807) is 12.1 Å². The van der Waals surface area contributed by atoms with Gasteiger partial charge >= 0.3 is 0 Å². The van der Waals surface area contributed by atoms with Crippen molar-refractivity contribution in [2.75, 3.05) is 6.54 Å². The topological polar surface area (TPSA) is 66.5 Å². The summed E-state index contributed by atoms with van der Waals surface area (Å²) in [5, 5.41) is 19.5. The number of aromatic hydroxyl groups is 1. The van der Waals surface area contributed by atoms with E-state index in [4.69, 9.17) is 17.3 Å². The van der Waals surface area contributed by atoms with Gasteiger partial charge < -0.3 is 15.9 Å². The fourth-order valence-electron chi connectivity index (χ4n) is 1.36. The average Bonchev–Trinajstić information content (AvgIpc) is 2.20. The molecule has 0 saturated heterocycles. The van der Waals surface area contributed by atoms with Crippen molar-refractivity contribution in [1.82, 2.24) is 0 Å². The zero-order chi connectivity index (χ0) is 11.6. The van der Waals surface area contributed by atoms with Gasteiger partial charge in [-0.3, -0.25) is 0 Å². The lowest BCUT2D eigenvalue weighted by atomic mass is 9.98. The van der Waals surface area contributed by atoms with E-state index in [-0.39, 0.29) is 23.2 Å². The second-order valence-electron chi connectivity index (χ2n) is 3.85. The lowest BCUT2D eigenvalue weighted by Crippen LogP contribution is -2.12. The molecule has 0 aliphatic carbocycles. The molecule has 0 spiro atoms. The second kappa shape index (κ2) is 4.84. The number of aliphatic hydroxyl groups excluding tert-OH is 1. The monoisotopic (exact) mass is 229 g/mol. The van der Waals surface area contributed by atoms with Crippen molar-refractivity contribution in [3.8, 4) is 5.75 Å². The standard InChI is InChI=1S/C11H16ClNO2/c1-6(2)7-3-8(10(14)5-13)11(15)9(12)4-7/h3-4,6,10,14-15H,5,13H2,1-2H3. The van der Waals surface area contributed by atoms with E-state index in [1.807, 2.05) is 13.8 Å². The second-order valence-corrected chi connectivity index (χ2v) is 4.25. The van der Waals surface area contributed by atoms with Crippen LogP contribution in [0.2, 0.25) is 5.02 Å². The summed E-state index contributed by atoms with van der Waals surface area (Å²) in [5.74, 6) is 0.200. The maximum Gasteiger partial charge on any atom is 0.140 e. The van der Waals surface area contributed by atoms with Crippen molar-refractivity contribution in [2.24, 2.45) is 5.73 Å². The summed E-state index contributed by atoms with van der Waals surface area (Å²) in [7, 11) is 0. The van der Waals surface area contributed by atoms with Gasteiger partial charge in [0.25, 0.3) is 0 Å². The zero-order valence-electron chi connectivity index (χ0n) is 8.87. The van der Waals surface area contributed by atoms with Crippen LogP contribution >= 0.6 is 11.6 Å². The summed E-state index contributed by atoms with van der Waals surface area (Å²) in [6.45, 7) is 4.09. The Morgan fingerprint density at radius 2 is 2.00 bits per heavy atom. The fraction of sp³-hybridized carbons (Fsp3) is 0.455. The minimum Gasteiger partial charge on any atom is -0.506 e. The van der Waals surface area contributed by atoms with Crippen molar-refractivity contribution in [1.29, 1.82) is 0 Å². The van der Waals surface area contributed by atoms with Crippen molar-refractivity contribution in [2.45, 2.75) is 25.9 Å². The quantitative estimate of drug-likeness (QED) is 0.744. The van der Waals surface area contributed by atoms with Crippen LogP contribution in [-0.2, 0) is 0 Å². The minimum absolute atomic E-state index is 0.0609. The van der Waals surface area contributed by atoms with Gasteiger partial charge in [-0.05, 0) is 23.6 Å². The molecule has 0 fully saturated rings. The maximum atomic E-state index is 9.66. The summed E-state index contributed by atoms with van der Waals surface area (Å²) >= 11 is 5.86. The first-order valence-corrected chi connectivity index (χ1v) is 5.25. The summed E-state index contributed by atoms with van der Waals surface area (Å²) in [6.07, 6.45) is -0.874. The highest BCUT2D eigenvalue weighted by molar-refractivity contribution is 6.32. The van der Waals surface area contributed by atoms with Crippen LogP contribution in [-0.4, -0.2) is 16.8 Å². The van der Waals surface area contributed by atoms with Gasteiger partial charge in [-0.15, -0.1) is 0 Å². The van der Waals surface area contributed by atoms with Crippen molar-refractivity contribution < 1.29 is 10.2 Å². The highest BCUT2D eigenvalue weighted by atomic mass is 35.5. The lowest BCUT2D eigenvalue weighted by Gasteiger charge is -2.15. The summed E-state index contributed by atoms with van der Waals surface area (Å²) in [4.78, 5) is 0. The van der Waals surface area contributed by atoms with E-state index in [1.165, 1.54) is 0 Å². The van der Waals surface area contributed by atoms with E-state index in [0.717, 1.165) is 5.56 Å². The van der Waals surface area contributed by atoms with Crippen molar-refractivity contribution in [3.05, 3.63) is 28.3 Å². The Morgan fingerprint density at radius 3 is 2.47 bits per heavy atom. The smallest absolute Gasteiger partial charge is 0.140 e. The van der Waals surface area contributed by atoms with Crippen molar-refractivity contribution >= 4 is 11.6 Å². The highest BCUT2D eigenvalue weighted by Crippen LogP contribution is 2.34. The molecule has 4 N–H and O–H groups in total. The van der Waals surface area contributed by atoms with Crippen LogP contribution in [0.25, 0.3) is 0 Å². The number of hydrogen-bond acceptors (Lipinski definition) is 3. The molecule has 1 aromatic carbocycles. The van der Waals surface area contributed by atoms with Crippen LogP contribution in [0.1, 0.15) is 37.0 Å². The van der Waals surface area contributed by atoms with Gasteiger partial charge in [0, 0.05) is 12.1 Å². The number of phenolic OH excluding ortho intramolecular Hbond substituents is 1. The van der Waals surface area contributed by atoms with E-state index in [2.05, 4.69) is 0 Å². The molecule has 1 atom stereocenters. The zero-order valence-corrected chi connectivity index (χ0v) is 9.62. The van der Waals surface area contributed by atoms with Crippen LogP contribution in [0.15, 0.2) is 12.1 Å². The molecule has 0 heterocycles. The van der Waals surface area contributed by atoms with Gasteiger partial charge in [0.05, 0.1) is 11.1 Å². The molecule has 0 aromatic heterocycles. The van der Waals surface area contributed by atoms with Crippen LogP contribution in [0, 0.1) is 0 Å². The molecule has 4 heteroatoms. The van der Waals surface area contributed by atoms with Gasteiger partial charge in [-0.1, -0.05) is 25.4 Å². The summed E-state index contributed by atoms with van der Waals surface area (Å²) in [5.41, 5.74) is 6.71. The third-order valence-electron chi connectivity index (χ3n) is 2.36. The van der Waals surface area contributed by atoms with Gasteiger partial charge in [0.2, 0.25) is 0 Å². The van der Waals surface area contributed by atoms with Crippen LogP contribution in [0.4, 0.5) is 0 Å². The molecule has 0 aliphatic heterocycles. The molecule has 0 amide bonds. The Bertz CT molecular complexity index is 353. The molecule has 0 saturated carbocycles. The molecular formula is C11H16ClNO2. The van der Waals surface area contributed by atoms with Gasteiger partial charge in [-0.2, -0.15) is 0 Å². The van der Waals surface area contributed by atoms with Crippen LogP contribution in [0.3, 0.4) is 0 Å². The van der Waals surface area contributed by atoms with Crippen LogP contribution in [0.5, 0.6) is 5.75 Å². The number of nitrogens with two attached hydrogens (primary N) is 1. The van der Waals surface area contributed by atoms with Crippen molar-refractivity contribution in [3.63, 3.8) is 0 Å². The number of hydrogen-bond donors (Lipinski definition) is 3. The van der Waals surface area contributed by atoms with E-state index < -0.39 is 6.10 Å². The molecule has 0 aliphatic rings. The molecule has 0 radical (unpaired) electrons. The Labute approximate surface area is 94.5 Å². The predicted molar refractivity (Wildman–Crippen MR) is 61.2 cm³/mol. The SMILES string of the molecule is CC(C)c1cc(Cl)c(O)c(C(O)CN)c1. The predicted octanol–water partition coefficient (Wildman–Crippen LogP) is 2.16. The molecule has 15 heavy (non-hydrogen) atoms. The number of aliphatic hydroxyl groups is 1. The average molecular weight is 230 g/mol. The van der Waals surface area contributed by atoms with Gasteiger partial charge in [0.1, 0.15) is 5.75 Å². The molecule has 1 aromatic rings.